The Bertz CT molecular complexity index is 1400. The minimum atomic E-state index is -0.573. The predicted octanol–water partition coefficient (Wildman–Crippen LogP) is 4.81. The number of hydrazone groups is 1. The molecule has 9 nitrogen and oxygen atoms in total. The predicted molar refractivity (Wildman–Crippen MR) is 125 cm³/mol. The third-order valence-corrected chi connectivity index (χ3v) is 4.81. The number of nitro benzene ring substituents is 1. The lowest BCUT2D eigenvalue weighted by atomic mass is 10.1. The van der Waals surface area contributed by atoms with Gasteiger partial charge in [0.15, 0.2) is 0 Å². The Hall–Kier alpha value is -5.23. The van der Waals surface area contributed by atoms with Gasteiger partial charge in [-0.2, -0.15) is 10.4 Å². The van der Waals surface area contributed by atoms with Crippen LogP contribution in [0.1, 0.15) is 21.5 Å². The fraction of sp³-hybridized carbons (Fsp3) is 0. The number of para-hydroxylation sites is 1. The lowest BCUT2D eigenvalue weighted by Crippen LogP contribution is -2.19. The van der Waals surface area contributed by atoms with Crippen molar-refractivity contribution in [3.05, 3.63) is 118 Å². The van der Waals surface area contributed by atoms with Gasteiger partial charge in [-0.15, -0.1) is 0 Å². The van der Waals surface area contributed by atoms with Crippen LogP contribution in [0.25, 0.3) is 5.69 Å². The van der Waals surface area contributed by atoms with Gasteiger partial charge in [0.2, 0.25) is 0 Å². The van der Waals surface area contributed by atoms with Gasteiger partial charge in [0.25, 0.3) is 11.6 Å². The third-order valence-electron chi connectivity index (χ3n) is 4.81. The maximum atomic E-state index is 12.6. The number of aromatic nitrogens is 1. The van der Waals surface area contributed by atoms with Crippen molar-refractivity contribution in [1.82, 2.24) is 9.99 Å². The molecule has 0 radical (unpaired) electrons. The second-order valence-electron chi connectivity index (χ2n) is 7.03. The highest BCUT2D eigenvalue weighted by Crippen LogP contribution is 2.28. The van der Waals surface area contributed by atoms with Crippen molar-refractivity contribution >= 4 is 17.8 Å². The van der Waals surface area contributed by atoms with Gasteiger partial charge in [-0.1, -0.05) is 12.1 Å². The summed E-state index contributed by atoms with van der Waals surface area (Å²) in [5.41, 5.74) is 4.33. The SMILES string of the molecule is N#Cc1cc([N+](=O)[O-])ccc1Oc1ccc(/C=N\NC(=O)c2ccccc2-n2cccc2)cc1. The average Bonchev–Trinajstić information content (AvgIpc) is 3.40. The van der Waals surface area contributed by atoms with Crippen molar-refractivity contribution in [3.8, 4) is 23.3 Å². The molecule has 4 aromatic rings. The summed E-state index contributed by atoms with van der Waals surface area (Å²) in [7, 11) is 0. The number of nitriles is 1. The molecule has 1 heterocycles. The van der Waals surface area contributed by atoms with Crippen molar-refractivity contribution in [2.75, 3.05) is 0 Å². The molecule has 34 heavy (non-hydrogen) atoms. The van der Waals surface area contributed by atoms with E-state index >= 15 is 0 Å². The second-order valence-corrected chi connectivity index (χ2v) is 7.03. The molecule has 0 aliphatic heterocycles. The summed E-state index contributed by atoms with van der Waals surface area (Å²) < 4.78 is 7.52. The van der Waals surface area contributed by atoms with Gasteiger partial charge in [-0.25, -0.2) is 5.43 Å². The molecule has 0 unspecified atom stereocenters. The van der Waals surface area contributed by atoms with Crippen LogP contribution in [-0.4, -0.2) is 21.6 Å². The molecule has 4 rings (SSSR count). The number of hydrogen-bond acceptors (Lipinski definition) is 6. The Kier molecular flexibility index (Phi) is 6.42. The molecule has 0 aliphatic rings. The molecule has 0 aliphatic carbocycles. The monoisotopic (exact) mass is 451 g/mol. The van der Waals surface area contributed by atoms with Gasteiger partial charge >= 0.3 is 0 Å². The van der Waals surface area contributed by atoms with E-state index in [0.29, 0.717) is 16.9 Å². The quantitative estimate of drug-likeness (QED) is 0.245. The zero-order chi connectivity index (χ0) is 23.9. The van der Waals surface area contributed by atoms with Crippen LogP contribution in [0.15, 0.2) is 96.4 Å². The normalized spacial score (nSPS) is 10.6. The van der Waals surface area contributed by atoms with E-state index in [4.69, 9.17) is 4.74 Å². The topological polar surface area (TPSA) is 123 Å². The van der Waals surface area contributed by atoms with Crippen molar-refractivity contribution in [3.63, 3.8) is 0 Å². The van der Waals surface area contributed by atoms with E-state index in [1.165, 1.54) is 18.3 Å². The fourth-order valence-corrected chi connectivity index (χ4v) is 3.17. The van der Waals surface area contributed by atoms with Crippen LogP contribution in [0.2, 0.25) is 0 Å². The molecule has 3 aromatic carbocycles. The summed E-state index contributed by atoms with van der Waals surface area (Å²) >= 11 is 0. The summed E-state index contributed by atoms with van der Waals surface area (Å²) in [4.78, 5) is 22.9. The third kappa shape index (κ3) is 4.98. The molecular weight excluding hydrogens is 434 g/mol. The maximum Gasteiger partial charge on any atom is 0.273 e. The van der Waals surface area contributed by atoms with E-state index in [1.807, 2.05) is 47.3 Å². The largest absolute Gasteiger partial charge is 0.456 e. The molecule has 0 atom stereocenters. The van der Waals surface area contributed by atoms with Crippen LogP contribution in [0.3, 0.4) is 0 Å². The lowest BCUT2D eigenvalue weighted by molar-refractivity contribution is -0.384. The highest BCUT2D eigenvalue weighted by Gasteiger charge is 2.13. The van der Waals surface area contributed by atoms with Crippen LogP contribution in [-0.2, 0) is 0 Å². The van der Waals surface area contributed by atoms with Crippen LogP contribution in [0.5, 0.6) is 11.5 Å². The molecule has 0 fully saturated rings. The van der Waals surface area contributed by atoms with Crippen molar-refractivity contribution in [2.45, 2.75) is 0 Å². The van der Waals surface area contributed by atoms with E-state index in [1.54, 1.807) is 36.4 Å². The number of rotatable bonds is 7. The maximum absolute atomic E-state index is 12.6. The number of hydrogen-bond donors (Lipinski definition) is 1. The fourth-order valence-electron chi connectivity index (χ4n) is 3.17. The Morgan fingerprint density at radius 1 is 1.06 bits per heavy atom. The van der Waals surface area contributed by atoms with E-state index in [9.17, 15) is 20.2 Å². The molecule has 0 bridgehead atoms. The Morgan fingerprint density at radius 3 is 2.50 bits per heavy atom. The molecular formula is C25H17N5O4. The zero-order valence-corrected chi connectivity index (χ0v) is 17.7. The number of nitro groups is 1. The number of benzene rings is 3. The molecule has 0 saturated carbocycles. The van der Waals surface area contributed by atoms with Gasteiger partial charge in [0.1, 0.15) is 23.1 Å². The first-order valence-corrected chi connectivity index (χ1v) is 10.1. The summed E-state index contributed by atoms with van der Waals surface area (Å²) in [6.07, 6.45) is 5.21. The molecule has 1 N–H and O–H groups in total. The summed E-state index contributed by atoms with van der Waals surface area (Å²) in [6, 6.07) is 23.4. The van der Waals surface area contributed by atoms with Gasteiger partial charge < -0.3 is 9.30 Å². The number of carbonyl (C=O) groups excluding carboxylic acids is 1. The number of ether oxygens (including phenoxy) is 1. The Balaban J connectivity index is 1.41. The van der Waals surface area contributed by atoms with E-state index in [0.717, 1.165) is 11.8 Å². The number of nitrogens with one attached hydrogen (secondary N) is 1. The first-order chi connectivity index (χ1) is 16.5. The van der Waals surface area contributed by atoms with Gasteiger partial charge in [0, 0.05) is 24.5 Å². The smallest absolute Gasteiger partial charge is 0.273 e. The van der Waals surface area contributed by atoms with Crippen LogP contribution in [0.4, 0.5) is 5.69 Å². The van der Waals surface area contributed by atoms with Crippen molar-refractivity contribution < 1.29 is 14.5 Å². The second kappa shape index (κ2) is 9.93. The molecule has 0 spiro atoms. The molecule has 0 saturated heterocycles. The molecule has 1 amide bonds. The zero-order valence-electron chi connectivity index (χ0n) is 17.7. The number of amides is 1. The first kappa shape index (κ1) is 22.0. The Labute approximate surface area is 194 Å². The van der Waals surface area contributed by atoms with Gasteiger partial charge in [-0.05, 0) is 60.2 Å². The molecule has 1 aromatic heterocycles. The number of carbonyl (C=O) groups is 1. The standard InChI is InChI=1S/C25H17N5O4/c26-16-19-15-20(30(32)33)9-12-24(19)34-21-10-7-18(8-11-21)17-27-28-25(31)22-5-1-2-6-23(22)29-13-3-4-14-29/h1-15,17H,(H,28,31)/b27-17-. The highest BCUT2D eigenvalue weighted by atomic mass is 16.6. The van der Waals surface area contributed by atoms with Gasteiger partial charge in [-0.3, -0.25) is 14.9 Å². The lowest BCUT2D eigenvalue weighted by Gasteiger charge is -2.09. The minimum absolute atomic E-state index is 0.0581. The minimum Gasteiger partial charge on any atom is -0.456 e. The average molecular weight is 451 g/mol. The molecule has 9 heteroatoms. The van der Waals surface area contributed by atoms with E-state index in [-0.39, 0.29) is 22.9 Å². The highest BCUT2D eigenvalue weighted by molar-refractivity contribution is 5.98. The van der Waals surface area contributed by atoms with Crippen LogP contribution < -0.4 is 10.2 Å². The van der Waals surface area contributed by atoms with Crippen molar-refractivity contribution in [2.24, 2.45) is 5.10 Å². The van der Waals surface area contributed by atoms with E-state index in [2.05, 4.69) is 10.5 Å². The molecule has 166 valence electrons. The Morgan fingerprint density at radius 2 is 1.79 bits per heavy atom. The number of non-ortho nitro benzene ring substituents is 1. The summed E-state index contributed by atoms with van der Waals surface area (Å²) in [6.45, 7) is 0. The first-order valence-electron chi connectivity index (χ1n) is 10.1. The number of nitrogens with zero attached hydrogens (tertiary/aromatic N) is 4. The van der Waals surface area contributed by atoms with Crippen LogP contribution >= 0.6 is 0 Å². The summed E-state index contributed by atoms with van der Waals surface area (Å²) in [5, 5.41) is 24.1. The van der Waals surface area contributed by atoms with Crippen LogP contribution in [0, 0.1) is 21.4 Å². The summed E-state index contributed by atoms with van der Waals surface area (Å²) in [5.74, 6) is 0.304. The van der Waals surface area contributed by atoms with Gasteiger partial charge in [0.05, 0.1) is 22.4 Å². The van der Waals surface area contributed by atoms with Crippen molar-refractivity contribution in [1.29, 1.82) is 5.26 Å². The van der Waals surface area contributed by atoms with E-state index < -0.39 is 4.92 Å².